The van der Waals surface area contributed by atoms with E-state index in [-0.39, 0.29) is 6.42 Å². The average molecular weight is 351 g/mol. The number of carbonyl (C=O) groups excluding carboxylic acids is 1. The zero-order chi connectivity index (χ0) is 19.6. The molecule has 6 heteroatoms. The van der Waals surface area contributed by atoms with E-state index < -0.39 is 12.0 Å². The van der Waals surface area contributed by atoms with Gasteiger partial charge in [0.1, 0.15) is 0 Å². The molecular formula is C20H22N4O2. The summed E-state index contributed by atoms with van der Waals surface area (Å²) >= 11 is 0. The van der Waals surface area contributed by atoms with Crippen LogP contribution in [0.5, 0.6) is 0 Å². The number of primary amides is 1. The maximum Gasteiger partial charge on any atom is 0.223 e. The number of carbonyl (C=O) groups is 1. The van der Waals surface area contributed by atoms with Crippen LogP contribution in [0.15, 0.2) is 36.8 Å². The van der Waals surface area contributed by atoms with Crippen LogP contribution in [-0.4, -0.2) is 26.0 Å². The van der Waals surface area contributed by atoms with Crippen molar-refractivity contribution in [3.63, 3.8) is 0 Å². The average Bonchev–Trinajstić information content (AvgIpc) is 2.60. The van der Waals surface area contributed by atoms with E-state index in [1.165, 1.54) is 0 Å². The smallest absolute Gasteiger partial charge is 0.223 e. The van der Waals surface area contributed by atoms with E-state index in [9.17, 15) is 9.90 Å². The van der Waals surface area contributed by atoms with Crippen molar-refractivity contribution in [1.82, 2.24) is 15.0 Å². The van der Waals surface area contributed by atoms with Gasteiger partial charge in [-0.15, -0.1) is 0 Å². The van der Waals surface area contributed by atoms with Crippen LogP contribution >= 0.6 is 0 Å². The van der Waals surface area contributed by atoms with E-state index in [4.69, 9.17) is 7.10 Å². The quantitative estimate of drug-likeness (QED) is 0.711. The topological polar surface area (TPSA) is 102 Å². The lowest BCUT2D eigenvalue weighted by molar-refractivity contribution is -0.117. The molecule has 1 atom stereocenters. The summed E-state index contributed by atoms with van der Waals surface area (Å²) in [4.78, 5) is 24.1. The highest BCUT2D eigenvalue weighted by molar-refractivity contribution is 5.86. The Morgan fingerprint density at radius 2 is 1.92 bits per heavy atom. The van der Waals surface area contributed by atoms with Crippen LogP contribution < -0.4 is 5.73 Å². The van der Waals surface area contributed by atoms with Gasteiger partial charge in [0.15, 0.2) is 0 Å². The summed E-state index contributed by atoms with van der Waals surface area (Å²) in [5.74, 6) is -0.425. The van der Waals surface area contributed by atoms with Crippen LogP contribution in [0.25, 0.3) is 22.0 Å². The van der Waals surface area contributed by atoms with Gasteiger partial charge in [0.25, 0.3) is 0 Å². The van der Waals surface area contributed by atoms with E-state index >= 15 is 0 Å². The molecule has 3 aromatic rings. The summed E-state index contributed by atoms with van der Waals surface area (Å²) in [5, 5.41) is 12.0. The summed E-state index contributed by atoms with van der Waals surface area (Å²) in [6.45, 7) is 3.82. The monoisotopic (exact) mass is 351 g/mol. The number of amides is 1. The fraction of sp³-hybridized carbons (Fsp3) is 0.300. The molecule has 0 saturated heterocycles. The lowest BCUT2D eigenvalue weighted by Crippen LogP contribution is -2.14. The van der Waals surface area contributed by atoms with Gasteiger partial charge in [0.05, 0.1) is 31.0 Å². The van der Waals surface area contributed by atoms with E-state index in [1.807, 2.05) is 19.9 Å². The van der Waals surface area contributed by atoms with Crippen molar-refractivity contribution >= 4 is 16.7 Å². The van der Waals surface area contributed by atoms with E-state index in [2.05, 4.69) is 15.0 Å². The molecule has 3 aromatic heterocycles. The summed E-state index contributed by atoms with van der Waals surface area (Å²) in [6.07, 6.45) is 4.49. The highest BCUT2D eigenvalue weighted by atomic mass is 16.3. The number of nitrogens with two attached hydrogens (primary N) is 1. The van der Waals surface area contributed by atoms with Crippen LogP contribution in [0.2, 0.25) is 0 Å². The molecule has 134 valence electrons. The third-order valence-corrected chi connectivity index (χ3v) is 4.18. The number of hydrogen-bond acceptors (Lipinski definition) is 5. The van der Waals surface area contributed by atoms with Gasteiger partial charge in [-0.1, -0.05) is 13.3 Å². The van der Waals surface area contributed by atoms with Crippen molar-refractivity contribution < 1.29 is 11.3 Å². The first-order valence-electron chi connectivity index (χ1n) is 9.03. The number of aromatic nitrogens is 3. The normalized spacial score (nSPS) is 14.0. The number of pyridine rings is 3. The van der Waals surface area contributed by atoms with Crippen LogP contribution in [-0.2, 0) is 11.2 Å². The molecule has 0 fully saturated rings. The standard InChI is InChI=1S/C20H22N4O2/c1-3-4-19(25)18-5-12(2)16(11-24-18)17-7-14-9-22-15(8-20(21)26)6-13(14)10-23-17/h5-7,9-11,19,25H,3-4,8H2,1-2H3,(H2,21,26)/i19D. The van der Waals surface area contributed by atoms with Crippen molar-refractivity contribution in [3.8, 4) is 11.3 Å². The SMILES string of the molecule is [2H]C(O)(CCC)c1cc(C)c(-c2cc3cnc(CC(N)=O)cc3cn2)cn1. The Bertz CT molecular complexity index is 1000. The highest BCUT2D eigenvalue weighted by Crippen LogP contribution is 2.26. The Balaban J connectivity index is 1.96. The number of rotatable bonds is 6. The molecular weight excluding hydrogens is 328 g/mol. The van der Waals surface area contributed by atoms with Crippen LogP contribution in [0, 0.1) is 6.92 Å². The Morgan fingerprint density at radius 3 is 2.62 bits per heavy atom. The lowest BCUT2D eigenvalue weighted by Gasteiger charge is -2.12. The first kappa shape index (κ1) is 16.6. The fourth-order valence-electron chi connectivity index (χ4n) is 2.85. The summed E-state index contributed by atoms with van der Waals surface area (Å²) in [7, 11) is 0. The maximum atomic E-state index is 11.0. The molecule has 0 aliphatic carbocycles. The number of nitrogens with zero attached hydrogens (tertiary/aromatic N) is 3. The summed E-state index contributed by atoms with van der Waals surface area (Å²) in [6, 6.07) is 5.44. The molecule has 0 aliphatic rings. The minimum absolute atomic E-state index is 0.0932. The minimum Gasteiger partial charge on any atom is -0.387 e. The molecule has 26 heavy (non-hydrogen) atoms. The van der Waals surface area contributed by atoms with Gasteiger partial charge in [-0.05, 0) is 37.1 Å². The Hall–Kier alpha value is -2.86. The fourth-order valence-corrected chi connectivity index (χ4v) is 2.85. The second-order valence-corrected chi connectivity index (χ2v) is 6.32. The van der Waals surface area contributed by atoms with Gasteiger partial charge in [0, 0.05) is 34.9 Å². The van der Waals surface area contributed by atoms with E-state index in [0.717, 1.165) is 27.6 Å². The van der Waals surface area contributed by atoms with Crippen molar-refractivity contribution in [2.24, 2.45) is 5.73 Å². The minimum atomic E-state index is -1.68. The van der Waals surface area contributed by atoms with E-state index in [0.29, 0.717) is 24.2 Å². The molecule has 3 heterocycles. The second-order valence-electron chi connectivity index (χ2n) is 6.32. The molecule has 1 unspecified atom stereocenters. The second kappa shape index (κ2) is 7.58. The van der Waals surface area contributed by atoms with Gasteiger partial charge < -0.3 is 10.8 Å². The summed E-state index contributed by atoms with van der Waals surface area (Å²) in [5.41, 5.74) is 8.60. The Labute approximate surface area is 153 Å². The zero-order valence-electron chi connectivity index (χ0n) is 15.9. The van der Waals surface area contributed by atoms with Gasteiger partial charge in [-0.3, -0.25) is 19.7 Å². The number of aliphatic hydroxyl groups is 1. The molecule has 0 saturated carbocycles. The van der Waals surface area contributed by atoms with Gasteiger partial charge >= 0.3 is 0 Å². The number of aryl methyl sites for hydroxylation is 1. The molecule has 1 amide bonds. The first-order chi connectivity index (χ1) is 12.8. The molecule has 0 aromatic carbocycles. The third-order valence-electron chi connectivity index (χ3n) is 4.18. The zero-order valence-corrected chi connectivity index (χ0v) is 14.9. The number of fused-ring (bicyclic) bond motifs is 1. The van der Waals surface area contributed by atoms with Crippen molar-refractivity contribution in [1.29, 1.82) is 0 Å². The largest absolute Gasteiger partial charge is 0.387 e. The lowest BCUT2D eigenvalue weighted by atomic mass is 10.0. The molecule has 3 N–H and O–H groups in total. The third kappa shape index (κ3) is 3.86. The van der Waals surface area contributed by atoms with Crippen molar-refractivity contribution in [2.45, 2.75) is 39.2 Å². The predicted octanol–water partition coefficient (Wildman–Crippen LogP) is 2.86. The van der Waals surface area contributed by atoms with Gasteiger partial charge in [-0.25, -0.2) is 0 Å². The maximum absolute atomic E-state index is 11.0. The number of hydrogen-bond donors (Lipinski definition) is 2. The predicted molar refractivity (Wildman–Crippen MR) is 100 cm³/mol. The Morgan fingerprint density at radius 1 is 1.19 bits per heavy atom. The molecule has 3 rings (SSSR count). The van der Waals surface area contributed by atoms with Crippen LogP contribution in [0.4, 0.5) is 0 Å². The van der Waals surface area contributed by atoms with E-state index in [1.54, 1.807) is 30.7 Å². The molecule has 0 aliphatic heterocycles. The van der Waals surface area contributed by atoms with Crippen LogP contribution in [0.3, 0.4) is 0 Å². The molecule has 0 bridgehead atoms. The molecule has 6 nitrogen and oxygen atoms in total. The van der Waals surface area contributed by atoms with Gasteiger partial charge in [-0.2, -0.15) is 0 Å². The molecule has 0 radical (unpaired) electrons. The van der Waals surface area contributed by atoms with Crippen molar-refractivity contribution in [2.75, 3.05) is 0 Å². The van der Waals surface area contributed by atoms with Crippen LogP contribution in [0.1, 0.15) is 44.2 Å². The first-order valence-corrected chi connectivity index (χ1v) is 8.53. The summed E-state index contributed by atoms with van der Waals surface area (Å²) < 4.78 is 8.05. The molecule has 0 spiro atoms. The highest BCUT2D eigenvalue weighted by Gasteiger charge is 2.12. The Kier molecular flexibility index (Phi) is 4.84. The van der Waals surface area contributed by atoms with Gasteiger partial charge in [0.2, 0.25) is 5.91 Å². The van der Waals surface area contributed by atoms with Crippen molar-refractivity contribution in [3.05, 3.63) is 53.7 Å².